The van der Waals surface area contributed by atoms with Crippen LogP contribution in [0.4, 0.5) is 5.69 Å². The first kappa shape index (κ1) is 16.6. The van der Waals surface area contributed by atoms with Crippen molar-refractivity contribution >= 4 is 17.5 Å². The number of hydrogen-bond donors (Lipinski definition) is 2. The van der Waals surface area contributed by atoms with Crippen LogP contribution in [0.25, 0.3) is 0 Å². The second kappa shape index (κ2) is 7.12. The van der Waals surface area contributed by atoms with Crippen LogP contribution in [0.3, 0.4) is 0 Å². The highest BCUT2D eigenvalue weighted by molar-refractivity contribution is 5.96. The number of non-ortho nitro benzene ring substituents is 1. The molecule has 0 aliphatic heterocycles. The van der Waals surface area contributed by atoms with Gasteiger partial charge in [0.1, 0.15) is 0 Å². The van der Waals surface area contributed by atoms with E-state index < -0.39 is 10.8 Å². The van der Waals surface area contributed by atoms with E-state index in [1.165, 1.54) is 24.3 Å². The van der Waals surface area contributed by atoms with E-state index in [-0.39, 0.29) is 23.1 Å². The minimum Gasteiger partial charge on any atom is -0.273 e. The Morgan fingerprint density at radius 2 is 1.76 bits per heavy atom. The third kappa shape index (κ3) is 3.65. The molecule has 2 aromatic carbocycles. The van der Waals surface area contributed by atoms with Crippen molar-refractivity contribution in [3.8, 4) is 0 Å². The molecule has 7 heteroatoms. The number of hydrogen-bond acceptors (Lipinski definition) is 4. The number of fused-ring (bicyclic) bond motifs is 1. The van der Waals surface area contributed by atoms with Crippen LogP contribution in [-0.4, -0.2) is 16.7 Å². The van der Waals surface area contributed by atoms with E-state index >= 15 is 0 Å². The number of benzene rings is 2. The van der Waals surface area contributed by atoms with Gasteiger partial charge in [0.2, 0.25) is 5.91 Å². The first-order valence-electron chi connectivity index (χ1n) is 7.98. The quantitative estimate of drug-likeness (QED) is 0.662. The predicted octanol–water partition coefficient (Wildman–Crippen LogP) is 2.48. The Hall–Kier alpha value is -3.22. The summed E-state index contributed by atoms with van der Waals surface area (Å²) >= 11 is 0. The lowest BCUT2D eigenvalue weighted by atomic mass is 9.82. The maximum Gasteiger partial charge on any atom is 0.269 e. The smallest absolute Gasteiger partial charge is 0.269 e. The van der Waals surface area contributed by atoms with Crippen LogP contribution >= 0.6 is 0 Å². The lowest BCUT2D eigenvalue weighted by Gasteiger charge is -2.24. The zero-order valence-electron chi connectivity index (χ0n) is 13.4. The molecular formula is C18H17N3O4. The summed E-state index contributed by atoms with van der Waals surface area (Å²) < 4.78 is 0. The number of rotatable bonds is 3. The van der Waals surface area contributed by atoms with Crippen molar-refractivity contribution in [2.24, 2.45) is 0 Å². The van der Waals surface area contributed by atoms with E-state index in [0.29, 0.717) is 0 Å². The van der Waals surface area contributed by atoms with Gasteiger partial charge in [-0.1, -0.05) is 24.3 Å². The lowest BCUT2D eigenvalue weighted by molar-refractivity contribution is -0.384. The molecule has 7 nitrogen and oxygen atoms in total. The molecule has 128 valence electrons. The lowest BCUT2D eigenvalue weighted by Crippen LogP contribution is -2.44. The predicted molar refractivity (Wildman–Crippen MR) is 90.8 cm³/mol. The molecule has 0 radical (unpaired) electrons. The number of nitrogens with zero attached hydrogens (tertiary/aromatic N) is 1. The van der Waals surface area contributed by atoms with Crippen LogP contribution in [0.5, 0.6) is 0 Å². The van der Waals surface area contributed by atoms with E-state index in [0.717, 1.165) is 30.4 Å². The number of carbonyl (C=O) groups excluding carboxylic acids is 2. The number of amides is 2. The van der Waals surface area contributed by atoms with Gasteiger partial charge in [-0.25, -0.2) is 0 Å². The topological polar surface area (TPSA) is 101 Å². The number of carbonyl (C=O) groups is 2. The fraction of sp³-hybridized carbons (Fsp3) is 0.222. The molecule has 0 heterocycles. The molecule has 3 rings (SSSR count). The summed E-state index contributed by atoms with van der Waals surface area (Å²) in [6, 6.07) is 13.0. The molecule has 2 amide bonds. The average molecular weight is 339 g/mol. The van der Waals surface area contributed by atoms with Crippen LogP contribution in [0.2, 0.25) is 0 Å². The number of nitro benzene ring substituents is 1. The largest absolute Gasteiger partial charge is 0.273 e. The summed E-state index contributed by atoms with van der Waals surface area (Å²) in [5, 5.41) is 10.6. The van der Waals surface area contributed by atoms with E-state index in [4.69, 9.17) is 0 Å². The van der Waals surface area contributed by atoms with Crippen molar-refractivity contribution in [2.45, 2.75) is 25.2 Å². The second-order valence-electron chi connectivity index (χ2n) is 5.89. The van der Waals surface area contributed by atoms with Gasteiger partial charge < -0.3 is 0 Å². The molecule has 1 atom stereocenters. The van der Waals surface area contributed by atoms with Gasteiger partial charge in [0.05, 0.1) is 10.8 Å². The summed E-state index contributed by atoms with van der Waals surface area (Å²) in [5.74, 6) is -1.07. The molecule has 1 aliphatic rings. The molecule has 0 saturated heterocycles. The number of hydrazine groups is 1. The highest BCUT2D eigenvalue weighted by Gasteiger charge is 2.26. The first-order valence-corrected chi connectivity index (χ1v) is 7.98. The Balaban J connectivity index is 1.63. The standard InChI is InChI=1S/C18H17N3O4/c22-17(13-8-10-14(11-9-13)21(24)25)19-20-18(23)16-7-3-5-12-4-1-2-6-15(12)16/h1-2,4,6,8-11,16H,3,5,7H2,(H,19,22)(H,20,23). The zero-order valence-corrected chi connectivity index (χ0v) is 13.4. The molecule has 0 fully saturated rings. The van der Waals surface area contributed by atoms with Gasteiger partial charge in [-0.15, -0.1) is 0 Å². The third-order valence-corrected chi connectivity index (χ3v) is 4.33. The Labute approximate surface area is 144 Å². The highest BCUT2D eigenvalue weighted by atomic mass is 16.6. The fourth-order valence-corrected chi connectivity index (χ4v) is 3.04. The number of nitrogens with one attached hydrogen (secondary N) is 2. The second-order valence-corrected chi connectivity index (χ2v) is 5.89. The first-order chi connectivity index (χ1) is 12.1. The number of nitro groups is 1. The molecule has 2 aromatic rings. The monoisotopic (exact) mass is 339 g/mol. The maximum absolute atomic E-state index is 12.4. The van der Waals surface area contributed by atoms with E-state index in [9.17, 15) is 19.7 Å². The Bertz CT molecular complexity index is 817. The molecule has 25 heavy (non-hydrogen) atoms. The Morgan fingerprint density at radius 1 is 1.04 bits per heavy atom. The Kier molecular flexibility index (Phi) is 4.74. The minimum atomic E-state index is -0.538. The van der Waals surface area contributed by atoms with Crippen molar-refractivity contribution in [3.63, 3.8) is 0 Å². The fourth-order valence-electron chi connectivity index (χ4n) is 3.04. The molecule has 0 aromatic heterocycles. The highest BCUT2D eigenvalue weighted by Crippen LogP contribution is 2.31. The summed E-state index contributed by atoms with van der Waals surface area (Å²) in [6.45, 7) is 0. The number of aryl methyl sites for hydroxylation is 1. The minimum absolute atomic E-state index is 0.0978. The van der Waals surface area contributed by atoms with Gasteiger partial charge in [-0.05, 0) is 42.5 Å². The SMILES string of the molecule is O=C(NNC(=O)C1CCCc2ccccc21)c1ccc([N+](=O)[O-])cc1. The molecule has 1 unspecified atom stereocenters. The van der Waals surface area contributed by atoms with Crippen molar-refractivity contribution < 1.29 is 14.5 Å². The summed E-state index contributed by atoms with van der Waals surface area (Å²) in [6.07, 6.45) is 2.61. The summed E-state index contributed by atoms with van der Waals surface area (Å²) in [5.41, 5.74) is 7.12. The van der Waals surface area contributed by atoms with Gasteiger partial charge in [0, 0.05) is 17.7 Å². The van der Waals surface area contributed by atoms with E-state index in [1.807, 2.05) is 24.3 Å². The van der Waals surface area contributed by atoms with Crippen LogP contribution < -0.4 is 10.9 Å². The van der Waals surface area contributed by atoms with Gasteiger partial charge in [0.15, 0.2) is 0 Å². The zero-order chi connectivity index (χ0) is 17.8. The normalized spacial score (nSPS) is 15.8. The average Bonchev–Trinajstić information content (AvgIpc) is 2.65. The van der Waals surface area contributed by atoms with Crippen molar-refractivity contribution in [1.82, 2.24) is 10.9 Å². The molecule has 2 N–H and O–H groups in total. The third-order valence-electron chi connectivity index (χ3n) is 4.33. The van der Waals surface area contributed by atoms with Crippen LogP contribution in [0.15, 0.2) is 48.5 Å². The molecule has 0 spiro atoms. The molecule has 0 saturated carbocycles. The van der Waals surface area contributed by atoms with Crippen LogP contribution in [0.1, 0.15) is 40.2 Å². The maximum atomic E-state index is 12.4. The van der Waals surface area contributed by atoms with Crippen LogP contribution in [0, 0.1) is 10.1 Å². The van der Waals surface area contributed by atoms with E-state index in [2.05, 4.69) is 10.9 Å². The van der Waals surface area contributed by atoms with Crippen molar-refractivity contribution in [2.75, 3.05) is 0 Å². The van der Waals surface area contributed by atoms with Crippen LogP contribution in [-0.2, 0) is 11.2 Å². The van der Waals surface area contributed by atoms with Crippen molar-refractivity contribution in [3.05, 3.63) is 75.3 Å². The van der Waals surface area contributed by atoms with Gasteiger partial charge in [-0.3, -0.25) is 30.6 Å². The van der Waals surface area contributed by atoms with E-state index in [1.54, 1.807) is 0 Å². The molecular weight excluding hydrogens is 322 g/mol. The van der Waals surface area contributed by atoms with Gasteiger partial charge in [0.25, 0.3) is 11.6 Å². The molecule has 0 bridgehead atoms. The molecule has 1 aliphatic carbocycles. The Morgan fingerprint density at radius 3 is 2.48 bits per heavy atom. The summed E-state index contributed by atoms with van der Waals surface area (Å²) in [7, 11) is 0. The summed E-state index contributed by atoms with van der Waals surface area (Å²) in [4.78, 5) is 34.6. The van der Waals surface area contributed by atoms with Crippen molar-refractivity contribution in [1.29, 1.82) is 0 Å². The van der Waals surface area contributed by atoms with Gasteiger partial charge >= 0.3 is 0 Å². The van der Waals surface area contributed by atoms with Gasteiger partial charge in [-0.2, -0.15) is 0 Å².